The highest BCUT2D eigenvalue weighted by atomic mass is 16.5. The Kier molecular flexibility index (Phi) is 5.16. The maximum absolute atomic E-state index is 12.4. The third-order valence-electron chi connectivity index (χ3n) is 4.17. The van der Waals surface area contributed by atoms with Gasteiger partial charge < -0.3 is 14.4 Å². The summed E-state index contributed by atoms with van der Waals surface area (Å²) in [6.45, 7) is 6.98. The van der Waals surface area contributed by atoms with Gasteiger partial charge in [0.25, 0.3) is 5.91 Å². The van der Waals surface area contributed by atoms with E-state index in [2.05, 4.69) is 9.97 Å². The standard InChI is InChI=1S/C19H23N3O3/c1-13-6-4-5-7-17(13)24-12-19(23)22-9-8-16(11-22)25-18-10-14(2)20-15(3)21-18/h4-7,10,16H,8-9,11-12H2,1-3H3/t16-/m1/s1. The molecule has 0 bridgehead atoms. The van der Waals surface area contributed by atoms with E-state index in [-0.39, 0.29) is 18.6 Å². The minimum atomic E-state index is -0.0453. The number of hydrogen-bond donors (Lipinski definition) is 0. The van der Waals surface area contributed by atoms with Crippen molar-refractivity contribution < 1.29 is 14.3 Å². The van der Waals surface area contributed by atoms with Crippen LogP contribution in [0.2, 0.25) is 0 Å². The highest BCUT2D eigenvalue weighted by molar-refractivity contribution is 5.78. The molecule has 1 aliphatic heterocycles. The number of para-hydroxylation sites is 1. The number of aromatic nitrogens is 2. The normalized spacial score (nSPS) is 16.8. The predicted molar refractivity (Wildman–Crippen MR) is 93.8 cm³/mol. The van der Waals surface area contributed by atoms with Gasteiger partial charge in [-0.15, -0.1) is 0 Å². The Hall–Kier alpha value is -2.63. The van der Waals surface area contributed by atoms with Crippen LogP contribution in [0.3, 0.4) is 0 Å². The summed E-state index contributed by atoms with van der Waals surface area (Å²) in [5.41, 5.74) is 1.90. The number of carbonyl (C=O) groups excluding carboxylic acids is 1. The van der Waals surface area contributed by atoms with E-state index < -0.39 is 0 Å². The summed E-state index contributed by atoms with van der Waals surface area (Å²) in [7, 11) is 0. The number of rotatable bonds is 5. The number of likely N-dealkylation sites (tertiary alicyclic amines) is 1. The molecule has 2 aromatic rings. The number of benzene rings is 1. The van der Waals surface area contributed by atoms with Crippen LogP contribution < -0.4 is 9.47 Å². The summed E-state index contributed by atoms with van der Waals surface area (Å²) in [4.78, 5) is 22.7. The minimum Gasteiger partial charge on any atom is -0.484 e. The van der Waals surface area contributed by atoms with Gasteiger partial charge in [0.15, 0.2) is 6.61 Å². The Bertz CT molecular complexity index is 743. The summed E-state index contributed by atoms with van der Waals surface area (Å²) in [5, 5.41) is 0. The lowest BCUT2D eigenvalue weighted by Crippen LogP contribution is -2.34. The first-order valence-electron chi connectivity index (χ1n) is 8.46. The molecule has 2 heterocycles. The summed E-state index contributed by atoms with van der Waals surface area (Å²) >= 11 is 0. The molecule has 1 saturated heterocycles. The van der Waals surface area contributed by atoms with Gasteiger partial charge in [-0.25, -0.2) is 4.98 Å². The zero-order valence-corrected chi connectivity index (χ0v) is 14.9. The van der Waals surface area contributed by atoms with Crippen LogP contribution in [0.5, 0.6) is 11.6 Å². The minimum absolute atomic E-state index is 0.0237. The quantitative estimate of drug-likeness (QED) is 0.836. The Morgan fingerprint density at radius 3 is 2.80 bits per heavy atom. The Labute approximate surface area is 147 Å². The van der Waals surface area contributed by atoms with Gasteiger partial charge >= 0.3 is 0 Å². The topological polar surface area (TPSA) is 64.5 Å². The van der Waals surface area contributed by atoms with E-state index in [9.17, 15) is 4.79 Å². The SMILES string of the molecule is Cc1cc(O[C@@H]2CCN(C(=O)COc3ccccc3C)C2)nc(C)n1. The molecule has 0 radical (unpaired) electrons. The second-order valence-electron chi connectivity index (χ2n) is 6.32. The highest BCUT2D eigenvalue weighted by Crippen LogP contribution is 2.19. The lowest BCUT2D eigenvalue weighted by molar-refractivity contribution is -0.132. The molecule has 6 heteroatoms. The van der Waals surface area contributed by atoms with E-state index in [0.717, 1.165) is 23.4 Å². The predicted octanol–water partition coefficient (Wildman–Crippen LogP) is 2.46. The van der Waals surface area contributed by atoms with E-state index in [1.165, 1.54) is 0 Å². The second-order valence-corrected chi connectivity index (χ2v) is 6.32. The Morgan fingerprint density at radius 2 is 2.04 bits per heavy atom. The number of amides is 1. The molecule has 0 unspecified atom stereocenters. The first-order valence-corrected chi connectivity index (χ1v) is 8.46. The van der Waals surface area contributed by atoms with Gasteiger partial charge in [-0.05, 0) is 32.4 Å². The van der Waals surface area contributed by atoms with E-state index in [4.69, 9.17) is 9.47 Å². The zero-order chi connectivity index (χ0) is 17.8. The molecule has 0 saturated carbocycles. The molecule has 0 N–H and O–H groups in total. The molecule has 3 rings (SSSR count). The number of nitrogens with zero attached hydrogens (tertiary/aromatic N) is 3. The molecule has 1 aromatic carbocycles. The molecular formula is C19H23N3O3. The third kappa shape index (κ3) is 4.47. The van der Waals surface area contributed by atoms with Gasteiger partial charge in [0.2, 0.25) is 5.88 Å². The van der Waals surface area contributed by atoms with Gasteiger partial charge in [0, 0.05) is 24.7 Å². The van der Waals surface area contributed by atoms with Crippen LogP contribution in [-0.4, -0.2) is 46.6 Å². The van der Waals surface area contributed by atoms with Crippen molar-refractivity contribution in [3.8, 4) is 11.6 Å². The first kappa shape index (κ1) is 17.2. The van der Waals surface area contributed by atoms with Crippen LogP contribution >= 0.6 is 0 Å². The van der Waals surface area contributed by atoms with Crippen LogP contribution in [0.4, 0.5) is 0 Å². The first-order chi connectivity index (χ1) is 12.0. The molecule has 1 fully saturated rings. The van der Waals surface area contributed by atoms with E-state index in [1.807, 2.05) is 51.1 Å². The summed E-state index contributed by atoms with van der Waals surface area (Å²) in [6.07, 6.45) is 0.745. The van der Waals surface area contributed by atoms with Gasteiger partial charge in [0.05, 0.1) is 6.54 Å². The van der Waals surface area contributed by atoms with E-state index in [1.54, 1.807) is 4.90 Å². The molecular weight excluding hydrogens is 318 g/mol. The van der Waals surface area contributed by atoms with Crippen molar-refractivity contribution in [1.82, 2.24) is 14.9 Å². The van der Waals surface area contributed by atoms with E-state index in [0.29, 0.717) is 24.8 Å². The maximum atomic E-state index is 12.4. The van der Waals surface area contributed by atoms with Crippen LogP contribution in [0.25, 0.3) is 0 Å². The molecule has 132 valence electrons. The number of hydrogen-bond acceptors (Lipinski definition) is 5. The Balaban J connectivity index is 1.52. The van der Waals surface area contributed by atoms with Crippen molar-refractivity contribution >= 4 is 5.91 Å². The average Bonchev–Trinajstić information content (AvgIpc) is 3.01. The van der Waals surface area contributed by atoms with Crippen LogP contribution in [0.1, 0.15) is 23.5 Å². The molecule has 1 aromatic heterocycles. The van der Waals surface area contributed by atoms with Gasteiger partial charge in [-0.2, -0.15) is 4.98 Å². The largest absolute Gasteiger partial charge is 0.484 e. The van der Waals surface area contributed by atoms with Crippen molar-refractivity contribution in [3.05, 3.63) is 47.4 Å². The molecule has 0 aliphatic carbocycles. The lowest BCUT2D eigenvalue weighted by Gasteiger charge is -2.18. The van der Waals surface area contributed by atoms with Crippen molar-refractivity contribution in [2.75, 3.05) is 19.7 Å². The van der Waals surface area contributed by atoms with Gasteiger partial charge in [-0.3, -0.25) is 4.79 Å². The monoisotopic (exact) mass is 341 g/mol. The molecule has 1 atom stereocenters. The number of carbonyl (C=O) groups is 1. The van der Waals surface area contributed by atoms with Crippen molar-refractivity contribution in [3.63, 3.8) is 0 Å². The van der Waals surface area contributed by atoms with Crippen molar-refractivity contribution in [2.45, 2.75) is 33.3 Å². The van der Waals surface area contributed by atoms with E-state index >= 15 is 0 Å². The summed E-state index contributed by atoms with van der Waals surface area (Å²) in [5.74, 6) is 1.98. The van der Waals surface area contributed by atoms with Crippen molar-refractivity contribution in [2.24, 2.45) is 0 Å². The number of ether oxygens (including phenoxy) is 2. The third-order valence-corrected chi connectivity index (χ3v) is 4.17. The summed E-state index contributed by atoms with van der Waals surface area (Å²) in [6, 6.07) is 9.50. The fourth-order valence-electron chi connectivity index (χ4n) is 2.91. The Morgan fingerprint density at radius 1 is 1.24 bits per heavy atom. The van der Waals surface area contributed by atoms with Crippen LogP contribution in [0, 0.1) is 20.8 Å². The molecule has 1 amide bonds. The number of aryl methyl sites for hydroxylation is 3. The second kappa shape index (κ2) is 7.51. The lowest BCUT2D eigenvalue weighted by atomic mass is 10.2. The van der Waals surface area contributed by atoms with Gasteiger partial charge in [0.1, 0.15) is 17.7 Å². The summed E-state index contributed by atoms with van der Waals surface area (Å²) < 4.78 is 11.6. The fraction of sp³-hybridized carbons (Fsp3) is 0.421. The zero-order valence-electron chi connectivity index (χ0n) is 14.9. The molecule has 0 spiro atoms. The van der Waals surface area contributed by atoms with Crippen molar-refractivity contribution in [1.29, 1.82) is 0 Å². The smallest absolute Gasteiger partial charge is 0.260 e. The highest BCUT2D eigenvalue weighted by Gasteiger charge is 2.28. The average molecular weight is 341 g/mol. The van der Waals surface area contributed by atoms with Crippen LogP contribution in [0.15, 0.2) is 30.3 Å². The molecule has 6 nitrogen and oxygen atoms in total. The van der Waals surface area contributed by atoms with Crippen LogP contribution in [-0.2, 0) is 4.79 Å². The maximum Gasteiger partial charge on any atom is 0.260 e. The fourth-order valence-corrected chi connectivity index (χ4v) is 2.91. The molecule has 25 heavy (non-hydrogen) atoms. The molecule has 1 aliphatic rings. The van der Waals surface area contributed by atoms with Gasteiger partial charge in [-0.1, -0.05) is 18.2 Å².